The fourth-order valence-electron chi connectivity index (χ4n) is 4.16. The van der Waals surface area contributed by atoms with Gasteiger partial charge in [-0.25, -0.2) is 9.07 Å². The summed E-state index contributed by atoms with van der Waals surface area (Å²) in [6, 6.07) is 9.45. The first kappa shape index (κ1) is 25.3. The van der Waals surface area contributed by atoms with Gasteiger partial charge >= 0.3 is 0 Å². The Bertz CT molecular complexity index is 1110. The molecule has 0 unspecified atom stereocenters. The molecular formula is C24H28ClFN4O4. The molecule has 1 aliphatic rings. The van der Waals surface area contributed by atoms with Gasteiger partial charge in [-0.15, -0.1) is 12.4 Å². The first-order chi connectivity index (χ1) is 16.0. The van der Waals surface area contributed by atoms with E-state index in [4.69, 9.17) is 14.2 Å². The second-order valence-electron chi connectivity index (χ2n) is 7.72. The van der Waals surface area contributed by atoms with E-state index in [1.54, 1.807) is 35.1 Å². The van der Waals surface area contributed by atoms with Crippen LogP contribution in [0, 0.1) is 5.82 Å². The van der Waals surface area contributed by atoms with Gasteiger partial charge in [0.2, 0.25) is 5.75 Å². The minimum Gasteiger partial charge on any atom is -0.493 e. The zero-order valence-corrected chi connectivity index (χ0v) is 20.1. The Balaban J connectivity index is 0.00000324. The van der Waals surface area contributed by atoms with Crippen molar-refractivity contribution in [2.75, 3.05) is 39.7 Å². The van der Waals surface area contributed by atoms with Crippen LogP contribution in [0.2, 0.25) is 0 Å². The van der Waals surface area contributed by atoms with Crippen LogP contribution in [0.5, 0.6) is 17.2 Å². The summed E-state index contributed by atoms with van der Waals surface area (Å²) in [5.41, 5.74) is 2.49. The highest BCUT2D eigenvalue weighted by Crippen LogP contribution is 2.40. The second-order valence-corrected chi connectivity index (χ2v) is 7.72. The topological polar surface area (TPSA) is 86.6 Å². The lowest BCUT2D eigenvalue weighted by molar-refractivity contribution is 0.102. The molecule has 0 radical (unpaired) electrons. The molecule has 1 saturated heterocycles. The van der Waals surface area contributed by atoms with Gasteiger partial charge in [0.1, 0.15) is 5.82 Å². The number of rotatable bonds is 7. The molecule has 0 aliphatic carbocycles. The zero-order valence-electron chi connectivity index (χ0n) is 19.3. The molecule has 3 aromatic rings. The summed E-state index contributed by atoms with van der Waals surface area (Å²) in [4.78, 5) is 13.4. The predicted molar refractivity (Wildman–Crippen MR) is 130 cm³/mol. The quantitative estimate of drug-likeness (QED) is 0.516. The maximum absolute atomic E-state index is 13.5. The number of methoxy groups -OCH3 is 3. The average molecular weight is 491 g/mol. The van der Waals surface area contributed by atoms with E-state index in [1.165, 1.54) is 33.5 Å². The monoisotopic (exact) mass is 490 g/mol. The van der Waals surface area contributed by atoms with Crippen LogP contribution in [0.15, 0.2) is 42.6 Å². The van der Waals surface area contributed by atoms with E-state index in [1.807, 2.05) is 0 Å². The Labute approximate surface area is 203 Å². The Hall–Kier alpha value is -3.30. The maximum Gasteiger partial charge on any atom is 0.259 e. The van der Waals surface area contributed by atoms with Crippen LogP contribution in [0.1, 0.15) is 34.8 Å². The molecule has 2 N–H and O–H groups in total. The Morgan fingerprint density at radius 1 is 1.06 bits per heavy atom. The number of piperidine rings is 1. The van der Waals surface area contributed by atoms with Crippen molar-refractivity contribution in [2.24, 2.45) is 0 Å². The molecule has 1 aromatic heterocycles. The summed E-state index contributed by atoms with van der Waals surface area (Å²) >= 11 is 0. The van der Waals surface area contributed by atoms with Crippen LogP contribution >= 0.6 is 12.4 Å². The Morgan fingerprint density at radius 2 is 1.68 bits per heavy atom. The van der Waals surface area contributed by atoms with E-state index >= 15 is 0 Å². The van der Waals surface area contributed by atoms with E-state index in [0.717, 1.165) is 31.6 Å². The smallest absolute Gasteiger partial charge is 0.259 e. The van der Waals surface area contributed by atoms with Crippen molar-refractivity contribution in [3.05, 3.63) is 59.7 Å². The van der Waals surface area contributed by atoms with Crippen molar-refractivity contribution >= 4 is 24.0 Å². The Kier molecular flexibility index (Phi) is 8.36. The molecule has 0 spiro atoms. The SMILES string of the molecule is COc1cc(NC(=O)c2cnn(-c3ccc(F)cc3)c2C2CCNCC2)cc(OC)c1OC.Cl. The molecule has 182 valence electrons. The molecule has 0 atom stereocenters. The van der Waals surface area contributed by atoms with Gasteiger partial charge in [-0.1, -0.05) is 0 Å². The number of hydrogen-bond acceptors (Lipinski definition) is 6. The van der Waals surface area contributed by atoms with Crippen LogP contribution in [0.3, 0.4) is 0 Å². The third-order valence-corrected chi connectivity index (χ3v) is 5.77. The molecule has 8 nitrogen and oxygen atoms in total. The lowest BCUT2D eigenvalue weighted by Gasteiger charge is -2.24. The molecular weight excluding hydrogens is 463 g/mol. The summed E-state index contributed by atoms with van der Waals surface area (Å²) < 4.78 is 31.3. The van der Waals surface area contributed by atoms with E-state index < -0.39 is 0 Å². The second kappa shape index (κ2) is 11.2. The van der Waals surface area contributed by atoms with Gasteiger partial charge < -0.3 is 24.8 Å². The minimum absolute atomic E-state index is 0. The summed E-state index contributed by atoms with van der Waals surface area (Å²) in [5, 5.41) is 10.8. The number of halogens is 2. The molecule has 0 saturated carbocycles. The minimum atomic E-state index is -0.324. The fraction of sp³-hybridized carbons (Fsp3) is 0.333. The molecule has 1 amide bonds. The standard InChI is InChI=1S/C24H27FN4O4.ClH/c1-31-20-12-17(13-21(32-2)23(20)33-3)28-24(30)19-14-27-29(18-6-4-16(25)5-7-18)22(19)15-8-10-26-11-9-15;/h4-7,12-15,26H,8-11H2,1-3H3,(H,28,30);1H. The highest BCUT2D eigenvalue weighted by Gasteiger charge is 2.27. The summed E-state index contributed by atoms with van der Waals surface area (Å²) in [7, 11) is 4.56. The molecule has 1 fully saturated rings. The van der Waals surface area contributed by atoms with Gasteiger partial charge in [0.05, 0.1) is 44.5 Å². The molecule has 10 heteroatoms. The van der Waals surface area contributed by atoms with Crippen LogP contribution < -0.4 is 24.8 Å². The molecule has 4 rings (SSSR count). The number of benzene rings is 2. The zero-order chi connectivity index (χ0) is 23.4. The highest BCUT2D eigenvalue weighted by molar-refractivity contribution is 6.05. The first-order valence-electron chi connectivity index (χ1n) is 10.7. The largest absolute Gasteiger partial charge is 0.493 e. The number of nitrogens with zero attached hydrogens (tertiary/aromatic N) is 2. The third kappa shape index (κ3) is 5.10. The number of aromatic nitrogens is 2. The normalized spacial score (nSPS) is 13.6. The van der Waals surface area contributed by atoms with Gasteiger partial charge in [0, 0.05) is 23.7 Å². The van der Waals surface area contributed by atoms with Gasteiger partial charge in [0.15, 0.2) is 11.5 Å². The summed E-state index contributed by atoms with van der Waals surface area (Å²) in [6.45, 7) is 1.71. The summed E-state index contributed by atoms with van der Waals surface area (Å²) in [5.74, 6) is 0.832. The molecule has 2 aromatic carbocycles. The Morgan fingerprint density at radius 3 is 2.24 bits per heavy atom. The van der Waals surface area contributed by atoms with Crippen molar-refractivity contribution in [1.82, 2.24) is 15.1 Å². The van der Waals surface area contributed by atoms with Crippen molar-refractivity contribution in [3.63, 3.8) is 0 Å². The lowest BCUT2D eigenvalue weighted by Crippen LogP contribution is -2.29. The number of carbonyl (C=O) groups is 1. The lowest BCUT2D eigenvalue weighted by atomic mass is 9.91. The van der Waals surface area contributed by atoms with Gasteiger partial charge in [-0.05, 0) is 50.2 Å². The highest BCUT2D eigenvalue weighted by atomic mass is 35.5. The number of ether oxygens (including phenoxy) is 3. The predicted octanol–water partition coefficient (Wildman–Crippen LogP) is 4.18. The van der Waals surface area contributed by atoms with Crippen molar-refractivity contribution in [1.29, 1.82) is 0 Å². The van der Waals surface area contributed by atoms with Crippen LogP contribution in [0.4, 0.5) is 10.1 Å². The molecule has 0 bridgehead atoms. The number of nitrogens with one attached hydrogen (secondary N) is 2. The van der Waals surface area contributed by atoms with Crippen LogP contribution in [0.25, 0.3) is 5.69 Å². The van der Waals surface area contributed by atoms with Crippen molar-refractivity contribution < 1.29 is 23.4 Å². The van der Waals surface area contributed by atoms with Crippen LogP contribution in [-0.2, 0) is 0 Å². The first-order valence-corrected chi connectivity index (χ1v) is 10.7. The summed E-state index contributed by atoms with van der Waals surface area (Å²) in [6.07, 6.45) is 3.31. The van der Waals surface area contributed by atoms with Gasteiger partial charge in [-0.2, -0.15) is 5.10 Å². The number of anilines is 1. The van der Waals surface area contributed by atoms with E-state index in [9.17, 15) is 9.18 Å². The van der Waals surface area contributed by atoms with Crippen molar-refractivity contribution in [3.8, 4) is 22.9 Å². The van der Waals surface area contributed by atoms with Gasteiger partial charge in [0.25, 0.3) is 5.91 Å². The number of amides is 1. The van der Waals surface area contributed by atoms with E-state index in [2.05, 4.69) is 15.7 Å². The third-order valence-electron chi connectivity index (χ3n) is 5.77. The molecule has 34 heavy (non-hydrogen) atoms. The van der Waals surface area contributed by atoms with Crippen molar-refractivity contribution in [2.45, 2.75) is 18.8 Å². The number of hydrogen-bond donors (Lipinski definition) is 2. The molecule has 2 heterocycles. The van der Waals surface area contributed by atoms with E-state index in [0.29, 0.717) is 34.2 Å². The van der Waals surface area contributed by atoms with E-state index in [-0.39, 0.29) is 30.0 Å². The van der Waals surface area contributed by atoms with Gasteiger partial charge in [-0.3, -0.25) is 4.79 Å². The maximum atomic E-state index is 13.5. The molecule has 1 aliphatic heterocycles. The number of carbonyl (C=O) groups excluding carboxylic acids is 1. The average Bonchev–Trinajstić information content (AvgIpc) is 3.29. The fourth-order valence-corrected chi connectivity index (χ4v) is 4.16. The van der Waals surface area contributed by atoms with Crippen LogP contribution in [-0.4, -0.2) is 50.1 Å².